The maximum absolute atomic E-state index is 15.8. The summed E-state index contributed by atoms with van der Waals surface area (Å²) in [6.45, 7) is 6.10. The molecule has 12 amide bonds. The number of carbonyl (C=O) groups excluding carboxylic acids is 12. The van der Waals surface area contributed by atoms with Gasteiger partial charge in [0.05, 0.1) is 44.7 Å². The number of nitrogens with one attached hydrogen (secondary N) is 3. The van der Waals surface area contributed by atoms with Crippen molar-refractivity contribution in [3.05, 3.63) is 0 Å². The molecule has 0 aromatic heterocycles. The van der Waals surface area contributed by atoms with E-state index in [1.54, 1.807) is 13.8 Å². The largest absolute Gasteiger partial charge is 0.397 e. The molecule has 0 radical (unpaired) electrons. The fourth-order valence-corrected chi connectivity index (χ4v) is 18.3. The molecule has 9 aliphatic rings. The van der Waals surface area contributed by atoms with Crippen LogP contribution in [0.15, 0.2) is 0 Å². The molecular weight excluding hydrogens is 1490 g/mol. The summed E-state index contributed by atoms with van der Waals surface area (Å²) in [5, 5.41) is 8.54. The maximum Gasteiger partial charge on any atom is 0.397 e. The summed E-state index contributed by atoms with van der Waals surface area (Å²) in [6.07, 6.45) is -13.4. The minimum atomic E-state index is -5.22. The number of amides is 12. The Kier molecular flexibility index (Phi) is 30.9. The molecule has 9 rings (SSSR count). The molecule has 5 saturated carbocycles. The smallest absolute Gasteiger partial charge is 0.378 e. The average molecular weight is 1620 g/mol. The van der Waals surface area contributed by atoms with Crippen LogP contribution in [0, 0.1) is 47.3 Å². The molecule has 0 aromatic rings. The number of halogens is 8. The van der Waals surface area contributed by atoms with Crippen LogP contribution in [0.25, 0.3) is 0 Å². The molecule has 4 heterocycles. The first-order valence-electron chi connectivity index (χ1n) is 41.2. The second-order valence-electron chi connectivity index (χ2n) is 34.5. The first kappa shape index (κ1) is 89.9. The molecule has 638 valence electrons. The van der Waals surface area contributed by atoms with Crippen molar-refractivity contribution in [3.63, 3.8) is 0 Å². The number of alkyl halides is 8. The Hall–Kier alpha value is -7.00. The van der Waals surface area contributed by atoms with E-state index >= 15 is 51.9 Å². The van der Waals surface area contributed by atoms with E-state index < -0.39 is 230 Å². The molecule has 0 aromatic carbocycles. The van der Waals surface area contributed by atoms with Crippen molar-refractivity contribution in [2.24, 2.45) is 47.3 Å². The zero-order valence-corrected chi connectivity index (χ0v) is 67.5. The van der Waals surface area contributed by atoms with Crippen LogP contribution in [0.5, 0.6) is 0 Å². The molecule has 2 bridgehead atoms. The summed E-state index contributed by atoms with van der Waals surface area (Å²) in [7, 11) is 8.15. The van der Waals surface area contributed by atoms with Crippen LogP contribution >= 0.6 is 0 Å². The average Bonchev–Trinajstić information content (AvgIpc) is 1.75. The van der Waals surface area contributed by atoms with Crippen molar-refractivity contribution >= 4 is 70.9 Å². The Balaban J connectivity index is 1.11. The highest BCUT2D eigenvalue weighted by molar-refractivity contribution is 6.01. The minimum absolute atomic E-state index is 0.00991. The first-order chi connectivity index (χ1) is 53.2. The highest BCUT2D eigenvalue weighted by atomic mass is 19.4. The molecule has 4 saturated heterocycles. The number of hydrogen-bond acceptors (Lipinski definition) is 14. The number of rotatable bonds is 14. The van der Waals surface area contributed by atoms with Gasteiger partial charge in [0.25, 0.3) is 0 Å². The third-order valence-electron chi connectivity index (χ3n) is 26.0. The molecule has 3 N–H and O–H groups in total. The normalized spacial score (nSPS) is 32.5. The molecule has 26 nitrogen and oxygen atoms in total. The van der Waals surface area contributed by atoms with Gasteiger partial charge in [0.2, 0.25) is 70.9 Å². The highest BCUT2D eigenvalue weighted by Crippen LogP contribution is 2.46. The first-order valence-corrected chi connectivity index (χ1v) is 41.2. The summed E-state index contributed by atoms with van der Waals surface area (Å²) < 4.78 is 128. The van der Waals surface area contributed by atoms with E-state index in [4.69, 9.17) is 9.47 Å². The van der Waals surface area contributed by atoms with E-state index in [9.17, 15) is 40.7 Å². The second-order valence-corrected chi connectivity index (χ2v) is 34.5. The van der Waals surface area contributed by atoms with Crippen LogP contribution in [-0.4, -0.2) is 301 Å². The van der Waals surface area contributed by atoms with Crippen LogP contribution in [0.2, 0.25) is 0 Å². The molecular formula is C79H122F8N12O14. The second kappa shape index (κ2) is 38.8. The summed E-state index contributed by atoms with van der Waals surface area (Å²) >= 11 is 0. The Bertz CT molecular complexity index is 3350. The van der Waals surface area contributed by atoms with Crippen molar-refractivity contribution in [1.82, 2.24) is 60.0 Å². The standard InChI is InChI=1S/C79H122F8N12O14/c1-11-47(4)66-74(109)92(6)44-64(102)93(7)57-20-13-12-16-31-98(73(57)108)61(39-48-23-26-52(27-24-48)78(82,83)84)71(106)91(5)43-62(100)88-56(28-25-50-37-54(80)65(55(81)38-50)79(85,86)87)70(105)99-42-53(113-45-49-21-22-49)40-59(99)69(104)90-77(29-17-30-77)76(111)96(10)67(51-18-14-15-19-51)75(110)95(9)60(72(107)97-32-34-112-35-33-97)41-63(101)94(8)58(36-46(2)3)68(103)89-66/h46-61,65-67H,11-45H2,1-10H3,(H,88,100)(H,89,103)(H,90,104)/t47-,48?,50?,52?,53+,54?,55?,56-,57-,58-,59-,60-,61-,65?,66-,67-/m0/s1. The molecule has 5 aliphatic carbocycles. The van der Waals surface area contributed by atoms with Crippen molar-refractivity contribution < 1.29 is 102 Å². The Morgan fingerprint density at radius 2 is 1.20 bits per heavy atom. The lowest BCUT2D eigenvalue weighted by atomic mass is 9.74. The molecule has 2 unspecified atom stereocenters. The zero-order valence-electron chi connectivity index (χ0n) is 67.5. The quantitative estimate of drug-likeness (QED) is 0.152. The van der Waals surface area contributed by atoms with E-state index in [1.165, 1.54) is 66.8 Å². The molecule has 4 aliphatic heterocycles. The predicted octanol–water partition coefficient (Wildman–Crippen LogP) is 6.74. The van der Waals surface area contributed by atoms with Crippen molar-refractivity contribution in [1.29, 1.82) is 0 Å². The van der Waals surface area contributed by atoms with Crippen LogP contribution in [0.1, 0.15) is 195 Å². The van der Waals surface area contributed by atoms with Crippen LogP contribution in [0.3, 0.4) is 0 Å². The lowest BCUT2D eigenvalue weighted by Gasteiger charge is -2.47. The molecule has 34 heteroatoms. The topological polar surface area (TPSA) is 289 Å². The van der Waals surface area contributed by atoms with Gasteiger partial charge in [-0.05, 0) is 158 Å². The highest BCUT2D eigenvalue weighted by Gasteiger charge is 2.57. The van der Waals surface area contributed by atoms with Crippen molar-refractivity contribution in [2.75, 3.05) is 101 Å². The Morgan fingerprint density at radius 3 is 1.79 bits per heavy atom. The summed E-state index contributed by atoms with van der Waals surface area (Å²) in [6, 6.07) is -11.3. The minimum Gasteiger partial charge on any atom is -0.378 e. The van der Waals surface area contributed by atoms with Gasteiger partial charge >= 0.3 is 12.4 Å². The molecule has 12 atom stereocenters. The third kappa shape index (κ3) is 22.2. The van der Waals surface area contributed by atoms with E-state index in [0.717, 1.165) is 32.4 Å². The number of ether oxygens (including phenoxy) is 2. The number of carbonyl (C=O) groups is 12. The monoisotopic (exact) mass is 1610 g/mol. The fourth-order valence-electron chi connectivity index (χ4n) is 18.3. The fraction of sp³-hybridized carbons (Fsp3) is 0.848. The summed E-state index contributed by atoms with van der Waals surface area (Å²) in [5.41, 5.74) is -1.70. The lowest BCUT2D eigenvalue weighted by molar-refractivity contribution is -0.219. The SMILES string of the molecule is CC[C@H](C)[C@@H]1NC(=O)[C@H](CC(C)C)N(C)C(=O)C[C@@H](C(=O)N2CCOCC2)N(C)C(=O)[C@H](C2CCCC2)N(C)C(=O)C2(CCC2)NC(=O)[C@@H]2C[C@@H](OCC3CC3)CN2C(=O)[C@H](CCC2CC(F)C(C(F)(F)F)C(F)C2)NC(=O)CN(C)C(=O)[C@H](CC2CCC(C(F)(F)F)CC2)N2CCCCC[C@@H](C2=O)N(C)C(=O)CN(C)C1=O. The summed E-state index contributed by atoms with van der Waals surface area (Å²) in [4.78, 5) is 194. The van der Waals surface area contributed by atoms with Crippen molar-refractivity contribution in [3.8, 4) is 0 Å². The van der Waals surface area contributed by atoms with Crippen LogP contribution < -0.4 is 16.0 Å². The van der Waals surface area contributed by atoms with Gasteiger partial charge in [-0.1, -0.05) is 59.8 Å². The van der Waals surface area contributed by atoms with E-state index in [-0.39, 0.29) is 128 Å². The van der Waals surface area contributed by atoms with Gasteiger partial charge in [-0.25, -0.2) is 8.78 Å². The number of hydrogen-bond donors (Lipinski definition) is 3. The number of morpholine rings is 1. The predicted molar refractivity (Wildman–Crippen MR) is 397 cm³/mol. The number of fused-ring (bicyclic) bond motifs is 3. The van der Waals surface area contributed by atoms with Gasteiger partial charge < -0.3 is 69.5 Å². The molecule has 1 spiro atoms. The Labute approximate surface area is 658 Å². The van der Waals surface area contributed by atoms with Crippen LogP contribution in [0.4, 0.5) is 35.1 Å². The third-order valence-corrected chi connectivity index (χ3v) is 26.0. The molecule has 113 heavy (non-hydrogen) atoms. The maximum atomic E-state index is 15.8. The van der Waals surface area contributed by atoms with Gasteiger partial charge in [0.15, 0.2) is 0 Å². The lowest BCUT2D eigenvalue weighted by Crippen LogP contribution is -2.68. The van der Waals surface area contributed by atoms with Crippen LogP contribution in [-0.2, 0) is 67.0 Å². The number of likely N-dealkylation sites (N-methyl/N-ethyl adjacent to an activating group) is 6. The van der Waals surface area contributed by atoms with Gasteiger partial charge in [-0.15, -0.1) is 0 Å². The van der Waals surface area contributed by atoms with Gasteiger partial charge in [-0.3, -0.25) is 57.5 Å². The van der Waals surface area contributed by atoms with E-state index in [1.807, 2.05) is 13.8 Å². The Morgan fingerprint density at radius 1 is 0.584 bits per heavy atom. The van der Waals surface area contributed by atoms with Crippen molar-refractivity contribution in [2.45, 2.75) is 279 Å². The van der Waals surface area contributed by atoms with Gasteiger partial charge in [-0.2, -0.15) is 26.3 Å². The number of nitrogens with zero attached hydrogens (tertiary/aromatic N) is 9. The van der Waals surface area contributed by atoms with E-state index in [0.29, 0.717) is 57.8 Å². The van der Waals surface area contributed by atoms with Gasteiger partial charge in [0.1, 0.15) is 72.1 Å². The molecule has 9 fully saturated rings. The summed E-state index contributed by atoms with van der Waals surface area (Å²) in [5.74, 6) is -16.5. The van der Waals surface area contributed by atoms with E-state index in [2.05, 4.69) is 16.0 Å². The zero-order chi connectivity index (χ0) is 82.9. The van der Waals surface area contributed by atoms with Gasteiger partial charge in [0, 0.05) is 81.5 Å².